The third kappa shape index (κ3) is 2.15. The van der Waals surface area contributed by atoms with Gasteiger partial charge in [0.2, 0.25) is 0 Å². The summed E-state index contributed by atoms with van der Waals surface area (Å²) in [5, 5.41) is 0. The highest BCUT2D eigenvalue weighted by atomic mass is 16.6. The van der Waals surface area contributed by atoms with Crippen molar-refractivity contribution in [2.75, 3.05) is 0 Å². The lowest BCUT2D eigenvalue weighted by Gasteiger charge is -2.22. The molecular formula is C15H21NO2. The minimum Gasteiger partial charge on any atom is -0.459 e. The average molecular weight is 247 g/mol. The Labute approximate surface area is 108 Å². The Morgan fingerprint density at radius 3 is 2.33 bits per heavy atom. The van der Waals surface area contributed by atoms with E-state index >= 15 is 0 Å². The van der Waals surface area contributed by atoms with Crippen LogP contribution in [0.25, 0.3) is 0 Å². The number of rotatable bonds is 2. The van der Waals surface area contributed by atoms with Crippen LogP contribution in [0, 0.1) is 5.92 Å². The van der Waals surface area contributed by atoms with E-state index in [1.165, 1.54) is 0 Å². The summed E-state index contributed by atoms with van der Waals surface area (Å²) in [6.45, 7) is 7.58. The molecular weight excluding hydrogens is 226 g/mol. The van der Waals surface area contributed by atoms with Crippen LogP contribution in [0.5, 0.6) is 0 Å². The second-order valence-corrected chi connectivity index (χ2v) is 6.11. The van der Waals surface area contributed by atoms with Crippen LogP contribution < -0.4 is 5.73 Å². The second-order valence-electron chi connectivity index (χ2n) is 6.11. The van der Waals surface area contributed by atoms with Crippen LogP contribution in [-0.2, 0) is 9.53 Å². The highest BCUT2D eigenvalue weighted by Crippen LogP contribution is 2.56. The van der Waals surface area contributed by atoms with Crippen LogP contribution in [0.4, 0.5) is 0 Å². The molecule has 3 heteroatoms. The van der Waals surface area contributed by atoms with Crippen LogP contribution in [0.3, 0.4) is 0 Å². The number of nitrogens with two attached hydrogens (primary N) is 1. The van der Waals surface area contributed by atoms with Gasteiger partial charge in [-0.05, 0) is 32.3 Å². The van der Waals surface area contributed by atoms with Crippen molar-refractivity contribution in [3.8, 4) is 0 Å². The molecule has 0 bridgehead atoms. The van der Waals surface area contributed by atoms with Gasteiger partial charge in [-0.25, -0.2) is 0 Å². The monoisotopic (exact) mass is 247 g/mol. The summed E-state index contributed by atoms with van der Waals surface area (Å²) in [5.74, 6) is -0.111. The fourth-order valence-corrected chi connectivity index (χ4v) is 2.49. The standard InChI is InChI=1S/C15H21NO2/c1-10-12(11-8-6-5-7-9-11)15(10,16)13(17)18-14(2,3)4/h5-10,12H,16H2,1-4H3/t10-,12?,15?/m0/s1. The molecule has 3 nitrogen and oxygen atoms in total. The average Bonchev–Trinajstić information content (AvgIpc) is 2.82. The maximum absolute atomic E-state index is 12.2. The highest BCUT2D eigenvalue weighted by Gasteiger charge is 2.66. The molecule has 1 aliphatic rings. The molecule has 1 fully saturated rings. The summed E-state index contributed by atoms with van der Waals surface area (Å²) in [5.41, 5.74) is 5.99. The Balaban J connectivity index is 2.17. The van der Waals surface area contributed by atoms with E-state index in [2.05, 4.69) is 0 Å². The van der Waals surface area contributed by atoms with Gasteiger partial charge in [-0.15, -0.1) is 0 Å². The molecule has 3 atom stereocenters. The molecule has 98 valence electrons. The number of carbonyl (C=O) groups is 1. The first kappa shape index (κ1) is 13.1. The van der Waals surface area contributed by atoms with Gasteiger partial charge in [-0.2, -0.15) is 0 Å². The van der Waals surface area contributed by atoms with Crippen LogP contribution in [0.2, 0.25) is 0 Å². The zero-order valence-corrected chi connectivity index (χ0v) is 11.4. The summed E-state index contributed by atoms with van der Waals surface area (Å²) < 4.78 is 5.42. The van der Waals surface area contributed by atoms with Gasteiger partial charge in [0.05, 0.1) is 0 Å². The van der Waals surface area contributed by atoms with E-state index in [-0.39, 0.29) is 17.8 Å². The van der Waals surface area contributed by atoms with Crippen molar-refractivity contribution in [2.45, 2.75) is 44.8 Å². The second kappa shape index (κ2) is 4.09. The number of hydrogen-bond acceptors (Lipinski definition) is 3. The third-order valence-corrected chi connectivity index (χ3v) is 3.57. The van der Waals surface area contributed by atoms with E-state index in [0.29, 0.717) is 0 Å². The van der Waals surface area contributed by atoms with Crippen molar-refractivity contribution in [1.82, 2.24) is 0 Å². The Morgan fingerprint density at radius 1 is 1.28 bits per heavy atom. The van der Waals surface area contributed by atoms with Gasteiger partial charge in [0, 0.05) is 5.92 Å². The lowest BCUT2D eigenvalue weighted by Crippen LogP contribution is -2.42. The van der Waals surface area contributed by atoms with Gasteiger partial charge in [0.25, 0.3) is 0 Å². The molecule has 0 spiro atoms. The lowest BCUT2D eigenvalue weighted by molar-refractivity contribution is -0.158. The molecule has 0 heterocycles. The van der Waals surface area contributed by atoms with Crippen molar-refractivity contribution in [1.29, 1.82) is 0 Å². The maximum atomic E-state index is 12.2. The Bertz CT molecular complexity index is 449. The number of carbonyl (C=O) groups excluding carboxylic acids is 1. The highest BCUT2D eigenvalue weighted by molar-refractivity contribution is 5.88. The normalized spacial score (nSPS) is 30.9. The number of esters is 1. The smallest absolute Gasteiger partial charge is 0.327 e. The number of ether oxygens (including phenoxy) is 1. The molecule has 0 saturated heterocycles. The van der Waals surface area contributed by atoms with E-state index in [0.717, 1.165) is 5.56 Å². The van der Waals surface area contributed by atoms with Gasteiger partial charge in [-0.3, -0.25) is 4.79 Å². The molecule has 0 aliphatic heterocycles. The molecule has 2 rings (SSSR count). The van der Waals surface area contributed by atoms with Crippen molar-refractivity contribution >= 4 is 5.97 Å². The topological polar surface area (TPSA) is 52.3 Å². The predicted molar refractivity (Wildman–Crippen MR) is 71.1 cm³/mol. The quantitative estimate of drug-likeness (QED) is 0.817. The van der Waals surface area contributed by atoms with Crippen LogP contribution in [0.15, 0.2) is 30.3 Å². The van der Waals surface area contributed by atoms with E-state index in [4.69, 9.17) is 10.5 Å². The Morgan fingerprint density at radius 2 is 1.83 bits per heavy atom. The minimum absolute atomic E-state index is 0.0635. The molecule has 0 radical (unpaired) electrons. The Hall–Kier alpha value is -1.35. The molecule has 2 N–H and O–H groups in total. The summed E-state index contributed by atoms with van der Waals surface area (Å²) in [6.07, 6.45) is 0. The predicted octanol–water partition coefficient (Wildman–Crippen LogP) is 2.46. The summed E-state index contributed by atoms with van der Waals surface area (Å²) in [7, 11) is 0. The first-order chi connectivity index (χ1) is 8.27. The van der Waals surface area contributed by atoms with Crippen LogP contribution in [-0.4, -0.2) is 17.1 Å². The zero-order chi connectivity index (χ0) is 13.6. The lowest BCUT2D eigenvalue weighted by atomic mass is 10.1. The van der Waals surface area contributed by atoms with E-state index in [1.807, 2.05) is 58.0 Å². The van der Waals surface area contributed by atoms with Gasteiger partial charge >= 0.3 is 5.97 Å². The molecule has 0 aromatic heterocycles. The number of hydrogen-bond donors (Lipinski definition) is 1. The first-order valence-electron chi connectivity index (χ1n) is 6.34. The van der Waals surface area contributed by atoms with E-state index in [1.54, 1.807) is 0 Å². The largest absolute Gasteiger partial charge is 0.459 e. The van der Waals surface area contributed by atoms with Gasteiger partial charge in [-0.1, -0.05) is 37.3 Å². The third-order valence-electron chi connectivity index (χ3n) is 3.57. The van der Waals surface area contributed by atoms with Crippen molar-refractivity contribution in [3.63, 3.8) is 0 Å². The molecule has 18 heavy (non-hydrogen) atoms. The minimum atomic E-state index is -0.866. The van der Waals surface area contributed by atoms with Crippen LogP contribution in [0.1, 0.15) is 39.2 Å². The molecule has 1 aromatic carbocycles. The van der Waals surface area contributed by atoms with E-state index in [9.17, 15) is 4.79 Å². The summed E-state index contributed by atoms with van der Waals surface area (Å²) >= 11 is 0. The zero-order valence-electron chi connectivity index (χ0n) is 11.4. The molecule has 1 aromatic rings. The van der Waals surface area contributed by atoms with E-state index < -0.39 is 11.1 Å². The molecule has 0 amide bonds. The maximum Gasteiger partial charge on any atom is 0.327 e. The van der Waals surface area contributed by atoms with Gasteiger partial charge in [0.15, 0.2) is 0 Å². The summed E-state index contributed by atoms with van der Waals surface area (Å²) in [4.78, 5) is 12.2. The number of benzene rings is 1. The van der Waals surface area contributed by atoms with Gasteiger partial charge < -0.3 is 10.5 Å². The van der Waals surface area contributed by atoms with Crippen LogP contribution >= 0.6 is 0 Å². The first-order valence-corrected chi connectivity index (χ1v) is 6.34. The summed E-state index contributed by atoms with van der Waals surface area (Å²) in [6, 6.07) is 9.92. The molecule has 2 unspecified atom stereocenters. The molecule has 1 saturated carbocycles. The van der Waals surface area contributed by atoms with Crippen molar-refractivity contribution in [2.24, 2.45) is 11.7 Å². The SMILES string of the molecule is C[C@H]1C(c2ccccc2)C1(N)C(=O)OC(C)(C)C. The van der Waals surface area contributed by atoms with Crippen molar-refractivity contribution in [3.05, 3.63) is 35.9 Å². The van der Waals surface area contributed by atoms with Crippen molar-refractivity contribution < 1.29 is 9.53 Å². The fourth-order valence-electron chi connectivity index (χ4n) is 2.49. The van der Waals surface area contributed by atoms with Gasteiger partial charge in [0.1, 0.15) is 11.1 Å². The fraction of sp³-hybridized carbons (Fsp3) is 0.533. The Kier molecular flexibility index (Phi) is 2.98. The molecule has 1 aliphatic carbocycles.